The molecular formula is C19H28N4O2. The van der Waals surface area contributed by atoms with Crippen molar-refractivity contribution in [3.05, 3.63) is 35.9 Å². The number of carbonyl (C=O) groups is 2. The SMILES string of the molecule is C=CC(=O)N(CC)CC(=O)N1CCc2nc(CCC(C)C)ncc2C1. The minimum atomic E-state index is -0.216. The molecule has 0 fully saturated rings. The Balaban J connectivity index is 1.99. The number of aryl methyl sites for hydroxylation is 1. The zero-order chi connectivity index (χ0) is 18.4. The molecule has 2 amide bonds. The molecule has 1 aliphatic heterocycles. The Kier molecular flexibility index (Phi) is 6.67. The minimum Gasteiger partial charge on any atom is -0.336 e. The Morgan fingerprint density at radius 1 is 1.44 bits per heavy atom. The van der Waals surface area contributed by atoms with Gasteiger partial charge in [-0.1, -0.05) is 20.4 Å². The number of fused-ring (bicyclic) bond motifs is 1. The van der Waals surface area contributed by atoms with Gasteiger partial charge in [-0.25, -0.2) is 9.97 Å². The van der Waals surface area contributed by atoms with E-state index < -0.39 is 0 Å². The van der Waals surface area contributed by atoms with Gasteiger partial charge in [-0.15, -0.1) is 0 Å². The first-order chi connectivity index (χ1) is 11.9. The molecule has 136 valence electrons. The molecule has 6 heteroatoms. The van der Waals surface area contributed by atoms with E-state index in [4.69, 9.17) is 0 Å². The molecule has 1 aromatic heterocycles. The van der Waals surface area contributed by atoms with Crippen LogP contribution in [0.15, 0.2) is 18.9 Å². The lowest BCUT2D eigenvalue weighted by molar-refractivity contribution is -0.138. The highest BCUT2D eigenvalue weighted by Crippen LogP contribution is 2.18. The second-order valence-corrected chi connectivity index (χ2v) is 6.81. The zero-order valence-corrected chi connectivity index (χ0v) is 15.5. The maximum absolute atomic E-state index is 12.5. The molecule has 0 unspecified atom stereocenters. The van der Waals surface area contributed by atoms with E-state index in [2.05, 4.69) is 30.4 Å². The van der Waals surface area contributed by atoms with Gasteiger partial charge in [0.1, 0.15) is 12.4 Å². The summed E-state index contributed by atoms with van der Waals surface area (Å²) in [5, 5.41) is 0. The average Bonchev–Trinajstić information content (AvgIpc) is 2.62. The molecule has 0 bridgehead atoms. The molecule has 6 nitrogen and oxygen atoms in total. The third kappa shape index (κ3) is 5.11. The largest absolute Gasteiger partial charge is 0.336 e. The summed E-state index contributed by atoms with van der Waals surface area (Å²) in [6.07, 6.45) is 5.80. The summed E-state index contributed by atoms with van der Waals surface area (Å²) in [5.41, 5.74) is 2.05. The number of hydrogen-bond acceptors (Lipinski definition) is 4. The van der Waals surface area contributed by atoms with Crippen LogP contribution in [0.25, 0.3) is 0 Å². The van der Waals surface area contributed by atoms with Crippen LogP contribution in [0.2, 0.25) is 0 Å². The van der Waals surface area contributed by atoms with E-state index in [-0.39, 0.29) is 18.4 Å². The molecule has 0 radical (unpaired) electrons. The fourth-order valence-corrected chi connectivity index (χ4v) is 2.85. The molecule has 2 rings (SSSR count). The lowest BCUT2D eigenvalue weighted by Crippen LogP contribution is -2.44. The Labute approximate surface area is 149 Å². The average molecular weight is 344 g/mol. The van der Waals surface area contributed by atoms with Crippen molar-refractivity contribution in [3.63, 3.8) is 0 Å². The number of amides is 2. The molecular weight excluding hydrogens is 316 g/mol. The van der Waals surface area contributed by atoms with Crippen LogP contribution in [-0.4, -0.2) is 51.2 Å². The summed E-state index contributed by atoms with van der Waals surface area (Å²) in [6.45, 7) is 11.4. The quantitative estimate of drug-likeness (QED) is 0.710. The van der Waals surface area contributed by atoms with Crippen molar-refractivity contribution in [2.24, 2.45) is 5.92 Å². The van der Waals surface area contributed by atoms with E-state index in [1.165, 1.54) is 11.0 Å². The third-order valence-electron chi connectivity index (χ3n) is 4.48. The summed E-state index contributed by atoms with van der Waals surface area (Å²) < 4.78 is 0. The fourth-order valence-electron chi connectivity index (χ4n) is 2.85. The first-order valence-electron chi connectivity index (χ1n) is 8.97. The number of likely N-dealkylation sites (N-methyl/N-ethyl adjacent to an activating group) is 1. The van der Waals surface area contributed by atoms with Crippen molar-refractivity contribution in [1.82, 2.24) is 19.8 Å². The highest BCUT2D eigenvalue weighted by Gasteiger charge is 2.24. The van der Waals surface area contributed by atoms with Gasteiger partial charge in [-0.2, -0.15) is 0 Å². The maximum Gasteiger partial charge on any atom is 0.246 e. The van der Waals surface area contributed by atoms with Gasteiger partial charge >= 0.3 is 0 Å². The maximum atomic E-state index is 12.5. The highest BCUT2D eigenvalue weighted by molar-refractivity contribution is 5.90. The molecule has 0 aromatic carbocycles. The number of nitrogens with zero attached hydrogens (tertiary/aromatic N) is 4. The van der Waals surface area contributed by atoms with E-state index in [1.807, 2.05) is 13.1 Å². The van der Waals surface area contributed by atoms with E-state index in [1.54, 1.807) is 4.90 Å². The second-order valence-electron chi connectivity index (χ2n) is 6.81. The molecule has 1 aliphatic rings. The van der Waals surface area contributed by atoms with Crippen LogP contribution < -0.4 is 0 Å². The lowest BCUT2D eigenvalue weighted by Gasteiger charge is -2.30. The van der Waals surface area contributed by atoms with Crippen LogP contribution in [-0.2, 0) is 29.0 Å². The molecule has 0 aliphatic carbocycles. The monoisotopic (exact) mass is 344 g/mol. The standard InChI is InChI=1S/C19H28N4O2/c1-5-18(24)22(6-2)13-19(25)23-10-9-16-15(12-23)11-20-17(21-16)8-7-14(3)4/h5,11,14H,1,6-10,12-13H2,2-4H3. The van der Waals surface area contributed by atoms with Crippen LogP contribution in [0.3, 0.4) is 0 Å². The molecule has 0 saturated carbocycles. The van der Waals surface area contributed by atoms with Gasteiger partial charge in [0.2, 0.25) is 11.8 Å². The zero-order valence-electron chi connectivity index (χ0n) is 15.5. The van der Waals surface area contributed by atoms with E-state index in [9.17, 15) is 9.59 Å². The lowest BCUT2D eigenvalue weighted by atomic mass is 10.1. The number of carbonyl (C=O) groups excluding carboxylic acids is 2. The number of aromatic nitrogens is 2. The minimum absolute atomic E-state index is 0.0495. The van der Waals surface area contributed by atoms with Crippen molar-refractivity contribution >= 4 is 11.8 Å². The van der Waals surface area contributed by atoms with Crippen molar-refractivity contribution in [2.75, 3.05) is 19.6 Å². The van der Waals surface area contributed by atoms with Gasteiger partial charge in [0.05, 0.1) is 5.69 Å². The van der Waals surface area contributed by atoms with E-state index in [0.29, 0.717) is 25.6 Å². The summed E-state index contributed by atoms with van der Waals surface area (Å²) in [7, 11) is 0. The van der Waals surface area contributed by atoms with Crippen LogP contribution in [0.4, 0.5) is 0 Å². The van der Waals surface area contributed by atoms with Gasteiger partial charge < -0.3 is 9.80 Å². The molecule has 25 heavy (non-hydrogen) atoms. The summed E-state index contributed by atoms with van der Waals surface area (Å²) in [5.74, 6) is 1.26. The highest BCUT2D eigenvalue weighted by atomic mass is 16.2. The van der Waals surface area contributed by atoms with Crippen LogP contribution in [0.5, 0.6) is 0 Å². The third-order valence-corrected chi connectivity index (χ3v) is 4.48. The molecule has 0 saturated heterocycles. The summed E-state index contributed by atoms with van der Waals surface area (Å²) >= 11 is 0. The molecule has 0 N–H and O–H groups in total. The van der Waals surface area contributed by atoms with Crippen LogP contribution in [0.1, 0.15) is 44.3 Å². The molecule has 0 spiro atoms. The van der Waals surface area contributed by atoms with Crippen molar-refractivity contribution in [3.8, 4) is 0 Å². The van der Waals surface area contributed by atoms with Gasteiger partial charge in [0, 0.05) is 44.2 Å². The van der Waals surface area contributed by atoms with E-state index >= 15 is 0 Å². The predicted octanol–water partition coefficient (Wildman–Crippen LogP) is 1.98. The Hall–Kier alpha value is -2.24. The Morgan fingerprint density at radius 3 is 2.84 bits per heavy atom. The van der Waals surface area contributed by atoms with Gasteiger partial charge in [0.15, 0.2) is 0 Å². The van der Waals surface area contributed by atoms with E-state index in [0.717, 1.165) is 36.3 Å². The molecule has 2 heterocycles. The van der Waals surface area contributed by atoms with Crippen LogP contribution >= 0.6 is 0 Å². The first kappa shape index (κ1) is 19.1. The Bertz CT molecular complexity index is 642. The topological polar surface area (TPSA) is 66.4 Å². The molecule has 0 atom stereocenters. The van der Waals surface area contributed by atoms with Gasteiger partial charge in [-0.3, -0.25) is 9.59 Å². The normalized spacial score (nSPS) is 13.5. The number of rotatable bonds is 7. The fraction of sp³-hybridized carbons (Fsp3) is 0.579. The van der Waals surface area contributed by atoms with Crippen LogP contribution in [0, 0.1) is 5.92 Å². The van der Waals surface area contributed by atoms with Crippen molar-refractivity contribution in [1.29, 1.82) is 0 Å². The summed E-state index contributed by atoms with van der Waals surface area (Å²) in [4.78, 5) is 36.6. The first-order valence-corrected chi connectivity index (χ1v) is 8.97. The number of hydrogen-bond donors (Lipinski definition) is 0. The summed E-state index contributed by atoms with van der Waals surface area (Å²) in [6, 6.07) is 0. The smallest absolute Gasteiger partial charge is 0.246 e. The van der Waals surface area contributed by atoms with Gasteiger partial charge in [0.25, 0.3) is 0 Å². The molecule has 1 aromatic rings. The van der Waals surface area contributed by atoms with Crippen molar-refractivity contribution in [2.45, 2.75) is 46.6 Å². The van der Waals surface area contributed by atoms with Gasteiger partial charge in [-0.05, 0) is 25.3 Å². The predicted molar refractivity (Wildman–Crippen MR) is 96.8 cm³/mol. The Morgan fingerprint density at radius 2 is 2.20 bits per heavy atom. The second kappa shape index (κ2) is 8.74. The van der Waals surface area contributed by atoms with Crippen molar-refractivity contribution < 1.29 is 9.59 Å².